The fraction of sp³-hybridized carbons (Fsp3) is 0.500. The number of hydrogen-bond donors (Lipinski definition) is 1. The van der Waals surface area contributed by atoms with Crippen LogP contribution in [0.3, 0.4) is 0 Å². The Morgan fingerprint density at radius 3 is 2.60 bits per heavy atom. The van der Waals surface area contributed by atoms with Crippen LogP contribution in [0, 0.1) is 0 Å². The zero-order valence-corrected chi connectivity index (χ0v) is 11.2. The number of rotatable bonds is 3. The van der Waals surface area contributed by atoms with E-state index in [4.69, 9.17) is 0 Å². The zero-order chi connectivity index (χ0) is 14.8. The lowest BCUT2D eigenvalue weighted by Gasteiger charge is -2.28. The maximum absolute atomic E-state index is 12.6. The van der Waals surface area contributed by atoms with Gasteiger partial charge in [-0.25, -0.2) is 4.98 Å². The number of hydrogen-bond acceptors (Lipinski definition) is 3. The molecule has 110 valence electrons. The highest BCUT2D eigenvalue weighted by Gasteiger charge is 2.34. The fourth-order valence-electron chi connectivity index (χ4n) is 2.20. The van der Waals surface area contributed by atoms with Crippen LogP contribution in [0.5, 0.6) is 0 Å². The first-order valence-corrected chi connectivity index (χ1v) is 6.56. The second kappa shape index (κ2) is 5.83. The number of alkyl halides is 3. The lowest BCUT2D eigenvalue weighted by Crippen LogP contribution is -2.32. The predicted octanol–water partition coefficient (Wildman–Crippen LogP) is 2.84. The normalized spacial score (nSPS) is 16.2. The Morgan fingerprint density at radius 1 is 1.35 bits per heavy atom. The molecule has 0 amide bonds. The molecular formula is C14H17F3N2O. The van der Waals surface area contributed by atoms with Crippen LogP contribution in [-0.2, 0) is 13.0 Å². The Morgan fingerprint density at radius 2 is 2.10 bits per heavy atom. The number of pyridine rings is 1. The summed E-state index contributed by atoms with van der Waals surface area (Å²) < 4.78 is 37.7. The molecule has 0 spiro atoms. The highest BCUT2D eigenvalue weighted by atomic mass is 19.4. The average molecular weight is 286 g/mol. The second-order valence-electron chi connectivity index (χ2n) is 4.76. The first kappa shape index (κ1) is 14.8. The number of anilines is 1. The second-order valence-corrected chi connectivity index (χ2v) is 4.76. The number of aliphatic hydroxyl groups is 1. The number of aliphatic hydroxyl groups excluding tert-OH is 1. The molecule has 0 bridgehead atoms. The van der Waals surface area contributed by atoms with Gasteiger partial charge in [0.05, 0.1) is 6.61 Å². The Kier molecular flexibility index (Phi) is 4.32. The molecule has 3 nitrogen and oxygen atoms in total. The molecular weight excluding hydrogens is 269 g/mol. The molecule has 0 saturated carbocycles. The van der Waals surface area contributed by atoms with Crippen LogP contribution in [0.1, 0.15) is 24.6 Å². The van der Waals surface area contributed by atoms with E-state index in [2.05, 4.69) is 4.98 Å². The van der Waals surface area contributed by atoms with Gasteiger partial charge < -0.3 is 10.0 Å². The molecule has 2 heterocycles. The van der Waals surface area contributed by atoms with Crippen molar-refractivity contribution in [2.75, 3.05) is 18.0 Å². The van der Waals surface area contributed by atoms with Gasteiger partial charge in [0.25, 0.3) is 0 Å². The summed E-state index contributed by atoms with van der Waals surface area (Å²) in [5.74, 6) is 0.630. The highest BCUT2D eigenvalue weighted by molar-refractivity contribution is 5.45. The molecule has 0 aliphatic carbocycles. The van der Waals surface area contributed by atoms with Gasteiger partial charge >= 0.3 is 6.18 Å². The van der Waals surface area contributed by atoms with Gasteiger partial charge in [0, 0.05) is 24.4 Å². The molecule has 0 fully saturated rings. The lowest BCUT2D eigenvalue weighted by molar-refractivity contribution is -0.0944. The third-order valence-corrected chi connectivity index (χ3v) is 3.37. The van der Waals surface area contributed by atoms with Gasteiger partial charge in [0.15, 0.2) is 0 Å². The van der Waals surface area contributed by atoms with Crippen molar-refractivity contribution in [3.63, 3.8) is 0 Å². The van der Waals surface area contributed by atoms with E-state index in [0.29, 0.717) is 5.82 Å². The summed E-state index contributed by atoms with van der Waals surface area (Å²) in [4.78, 5) is 6.21. The quantitative estimate of drug-likeness (QED) is 0.868. The van der Waals surface area contributed by atoms with Crippen molar-refractivity contribution in [1.29, 1.82) is 0 Å². The topological polar surface area (TPSA) is 36.4 Å². The van der Waals surface area contributed by atoms with E-state index in [9.17, 15) is 18.3 Å². The van der Waals surface area contributed by atoms with Crippen LogP contribution in [0.25, 0.3) is 0 Å². The summed E-state index contributed by atoms with van der Waals surface area (Å²) in [6.07, 6.45) is -2.34. The molecule has 20 heavy (non-hydrogen) atoms. The maximum Gasteiger partial charge on any atom is 0.412 e. The molecule has 0 saturated heterocycles. The molecule has 0 aromatic carbocycles. The molecule has 2 rings (SSSR count). The minimum atomic E-state index is -4.24. The summed E-state index contributed by atoms with van der Waals surface area (Å²) in [6, 6.07) is 3.54. The third kappa shape index (κ3) is 3.30. The van der Waals surface area contributed by atoms with Gasteiger partial charge in [0.1, 0.15) is 5.82 Å². The Bertz CT molecular complexity index is 489. The van der Waals surface area contributed by atoms with E-state index in [1.54, 1.807) is 11.0 Å². The lowest BCUT2D eigenvalue weighted by atomic mass is 10.1. The van der Waals surface area contributed by atoms with Crippen LogP contribution in [-0.4, -0.2) is 29.4 Å². The van der Waals surface area contributed by atoms with Gasteiger partial charge in [-0.1, -0.05) is 13.0 Å². The fourth-order valence-corrected chi connectivity index (χ4v) is 2.20. The molecule has 0 radical (unpaired) electrons. The largest absolute Gasteiger partial charge is 0.412 e. The average Bonchev–Trinajstić information content (AvgIpc) is 2.46. The monoisotopic (exact) mass is 286 g/mol. The van der Waals surface area contributed by atoms with Crippen molar-refractivity contribution in [3.8, 4) is 0 Å². The van der Waals surface area contributed by atoms with E-state index in [-0.39, 0.29) is 26.1 Å². The van der Waals surface area contributed by atoms with Gasteiger partial charge in [0.2, 0.25) is 0 Å². The molecule has 1 aliphatic heterocycles. The van der Waals surface area contributed by atoms with Crippen LogP contribution >= 0.6 is 0 Å². The van der Waals surface area contributed by atoms with Gasteiger partial charge in [-0.15, -0.1) is 0 Å². The van der Waals surface area contributed by atoms with Crippen molar-refractivity contribution >= 4 is 5.82 Å². The minimum absolute atomic E-state index is 0.0318. The van der Waals surface area contributed by atoms with Crippen LogP contribution in [0.15, 0.2) is 23.8 Å². The first-order chi connectivity index (χ1) is 9.44. The Hall–Kier alpha value is -1.56. The SMILES string of the molecule is CCc1cc(CO)cc(N2CC=C(C(F)(F)F)CC2)n1. The van der Waals surface area contributed by atoms with E-state index in [0.717, 1.165) is 17.7 Å². The third-order valence-electron chi connectivity index (χ3n) is 3.37. The summed E-state index contributed by atoms with van der Waals surface area (Å²) >= 11 is 0. The van der Waals surface area contributed by atoms with E-state index < -0.39 is 11.7 Å². The molecule has 1 aliphatic rings. The molecule has 1 N–H and O–H groups in total. The predicted molar refractivity (Wildman–Crippen MR) is 70.5 cm³/mol. The standard InChI is InChI=1S/C14H17F3N2O/c1-2-12-7-10(9-20)8-13(18-12)19-5-3-11(4-6-19)14(15,16)17/h3,7-8,20H,2,4-6,9H2,1H3. The number of aromatic nitrogens is 1. The van der Waals surface area contributed by atoms with E-state index in [1.807, 2.05) is 13.0 Å². The van der Waals surface area contributed by atoms with Gasteiger partial charge in [-0.3, -0.25) is 0 Å². The summed E-state index contributed by atoms with van der Waals surface area (Å²) in [7, 11) is 0. The van der Waals surface area contributed by atoms with Crippen LogP contribution < -0.4 is 4.90 Å². The molecule has 0 atom stereocenters. The first-order valence-electron chi connectivity index (χ1n) is 6.56. The Balaban J connectivity index is 2.20. The van der Waals surface area contributed by atoms with Crippen molar-refractivity contribution < 1.29 is 18.3 Å². The number of nitrogens with zero attached hydrogens (tertiary/aromatic N) is 2. The molecule has 1 aromatic heterocycles. The highest BCUT2D eigenvalue weighted by Crippen LogP contribution is 2.31. The number of halogens is 3. The van der Waals surface area contributed by atoms with Crippen molar-refractivity contribution in [1.82, 2.24) is 4.98 Å². The van der Waals surface area contributed by atoms with E-state index >= 15 is 0 Å². The van der Waals surface area contributed by atoms with Crippen molar-refractivity contribution in [2.45, 2.75) is 32.5 Å². The molecule has 1 aromatic rings. The van der Waals surface area contributed by atoms with Gasteiger partial charge in [-0.05, 0) is 30.5 Å². The van der Waals surface area contributed by atoms with Crippen molar-refractivity contribution in [2.24, 2.45) is 0 Å². The van der Waals surface area contributed by atoms with Crippen LogP contribution in [0.4, 0.5) is 19.0 Å². The van der Waals surface area contributed by atoms with Gasteiger partial charge in [-0.2, -0.15) is 13.2 Å². The van der Waals surface area contributed by atoms with E-state index in [1.165, 1.54) is 6.08 Å². The Labute approximate surface area is 115 Å². The maximum atomic E-state index is 12.6. The summed E-state index contributed by atoms with van der Waals surface area (Å²) in [5, 5.41) is 9.22. The number of aryl methyl sites for hydroxylation is 1. The zero-order valence-electron chi connectivity index (χ0n) is 11.2. The summed E-state index contributed by atoms with van der Waals surface area (Å²) in [5.41, 5.74) is 1.09. The smallest absolute Gasteiger partial charge is 0.392 e. The molecule has 6 heteroatoms. The minimum Gasteiger partial charge on any atom is -0.392 e. The van der Waals surface area contributed by atoms with Crippen LogP contribution in [0.2, 0.25) is 0 Å². The summed E-state index contributed by atoms with van der Waals surface area (Å²) in [6.45, 7) is 2.33. The molecule has 0 unspecified atom stereocenters. The van der Waals surface area contributed by atoms with Crippen molar-refractivity contribution in [3.05, 3.63) is 35.0 Å².